The number of carbonyl (C=O) groups is 2. The minimum atomic E-state index is -0.160. The fourth-order valence-electron chi connectivity index (χ4n) is 3.13. The fraction of sp³-hybridized carbons (Fsp3) is 0.333. The van der Waals surface area contributed by atoms with Crippen molar-refractivity contribution < 1.29 is 14.0 Å². The van der Waals surface area contributed by atoms with Crippen LogP contribution < -0.4 is 10.2 Å². The van der Waals surface area contributed by atoms with Crippen LogP contribution >= 0.6 is 0 Å². The molecule has 2 aromatic rings. The lowest BCUT2D eigenvalue weighted by molar-refractivity contribution is -0.117. The third kappa shape index (κ3) is 4.86. The van der Waals surface area contributed by atoms with E-state index in [4.69, 9.17) is 4.42 Å². The van der Waals surface area contributed by atoms with Crippen molar-refractivity contribution in [2.45, 2.75) is 18.9 Å². The summed E-state index contributed by atoms with van der Waals surface area (Å²) in [5.74, 6) is 0.827. The Morgan fingerprint density at radius 2 is 2.07 bits per heavy atom. The Balaban J connectivity index is 1.54. The Kier molecular flexibility index (Phi) is 6.08. The normalized spacial score (nSPS) is 15.7. The topological polar surface area (TPSA) is 65.8 Å². The van der Waals surface area contributed by atoms with Gasteiger partial charge in [0.25, 0.3) is 0 Å². The molecule has 1 aliphatic rings. The molecule has 2 amide bonds. The first-order chi connectivity index (χ1) is 13.0. The molecule has 1 atom stereocenters. The summed E-state index contributed by atoms with van der Waals surface area (Å²) in [4.78, 5) is 27.7. The van der Waals surface area contributed by atoms with Crippen molar-refractivity contribution >= 4 is 23.6 Å². The van der Waals surface area contributed by atoms with Crippen LogP contribution in [-0.4, -0.2) is 43.9 Å². The van der Waals surface area contributed by atoms with Crippen molar-refractivity contribution in [3.8, 4) is 0 Å². The summed E-state index contributed by atoms with van der Waals surface area (Å²) in [5, 5.41) is 2.90. The molecule has 1 N–H and O–H groups in total. The lowest BCUT2D eigenvalue weighted by Crippen LogP contribution is -2.33. The molecule has 1 aliphatic heterocycles. The number of nitrogens with one attached hydrogen (secondary N) is 1. The molecule has 1 aromatic carbocycles. The average molecular weight is 367 g/mol. The zero-order chi connectivity index (χ0) is 19.2. The molecule has 2 heterocycles. The third-order valence-corrected chi connectivity index (χ3v) is 4.67. The molecule has 0 aliphatic carbocycles. The second kappa shape index (κ2) is 8.68. The number of rotatable bonds is 7. The van der Waals surface area contributed by atoms with Gasteiger partial charge in [-0.15, -0.1) is 0 Å². The van der Waals surface area contributed by atoms with E-state index < -0.39 is 0 Å². The van der Waals surface area contributed by atoms with Gasteiger partial charge in [0.2, 0.25) is 11.8 Å². The smallest absolute Gasteiger partial charge is 0.244 e. The highest BCUT2D eigenvalue weighted by Crippen LogP contribution is 2.22. The molecule has 6 nitrogen and oxygen atoms in total. The molecule has 0 radical (unpaired) electrons. The van der Waals surface area contributed by atoms with Crippen molar-refractivity contribution in [1.82, 2.24) is 10.2 Å². The standard InChI is InChI=1S/C21H25N3O3/c1-23(2)18(19-5-4-14-27-19)15-22-20(25)12-9-16-7-10-17(11-8-16)24-13-3-6-21(24)26/h4-5,7-12,14,18H,3,6,13,15H2,1-2H3,(H,22,25)/b12-9+. The lowest BCUT2D eigenvalue weighted by atomic mass is 10.1. The van der Waals surface area contributed by atoms with Crippen LogP contribution in [0.5, 0.6) is 0 Å². The molecule has 1 unspecified atom stereocenters. The molecule has 0 saturated carbocycles. The minimum absolute atomic E-state index is 0.0189. The first kappa shape index (κ1) is 18.9. The van der Waals surface area contributed by atoms with E-state index in [2.05, 4.69) is 5.32 Å². The van der Waals surface area contributed by atoms with Crippen LogP contribution in [-0.2, 0) is 9.59 Å². The molecule has 0 spiro atoms. The molecule has 1 saturated heterocycles. The quantitative estimate of drug-likeness (QED) is 0.764. The summed E-state index contributed by atoms with van der Waals surface area (Å²) in [5.41, 5.74) is 1.82. The van der Waals surface area contributed by atoms with Crippen molar-refractivity contribution in [3.63, 3.8) is 0 Å². The van der Waals surface area contributed by atoms with Gasteiger partial charge >= 0.3 is 0 Å². The van der Waals surface area contributed by atoms with Gasteiger partial charge in [-0.05, 0) is 56.4 Å². The summed E-state index contributed by atoms with van der Waals surface area (Å²) in [6.07, 6.45) is 6.45. The highest BCUT2D eigenvalue weighted by molar-refractivity contribution is 5.95. The average Bonchev–Trinajstić information content (AvgIpc) is 3.32. The number of anilines is 1. The van der Waals surface area contributed by atoms with Gasteiger partial charge in [0.15, 0.2) is 0 Å². The van der Waals surface area contributed by atoms with Crippen LogP contribution in [0.15, 0.2) is 53.2 Å². The second-order valence-corrected chi connectivity index (χ2v) is 6.81. The van der Waals surface area contributed by atoms with E-state index in [1.165, 1.54) is 6.08 Å². The first-order valence-corrected chi connectivity index (χ1v) is 9.11. The highest BCUT2D eigenvalue weighted by atomic mass is 16.3. The zero-order valence-corrected chi connectivity index (χ0v) is 15.7. The molecule has 3 rings (SSSR count). The molecule has 1 aromatic heterocycles. The maximum Gasteiger partial charge on any atom is 0.244 e. The van der Waals surface area contributed by atoms with E-state index in [-0.39, 0.29) is 17.9 Å². The van der Waals surface area contributed by atoms with Gasteiger partial charge in [-0.25, -0.2) is 0 Å². The minimum Gasteiger partial charge on any atom is -0.468 e. The van der Waals surface area contributed by atoms with E-state index in [0.717, 1.165) is 30.0 Å². The van der Waals surface area contributed by atoms with Crippen LogP contribution in [0.4, 0.5) is 5.69 Å². The number of carbonyl (C=O) groups excluding carboxylic acids is 2. The van der Waals surface area contributed by atoms with Crippen LogP contribution in [0.3, 0.4) is 0 Å². The van der Waals surface area contributed by atoms with E-state index in [1.54, 1.807) is 17.2 Å². The van der Waals surface area contributed by atoms with Gasteiger partial charge in [0, 0.05) is 31.3 Å². The molecule has 6 heteroatoms. The molecule has 1 fully saturated rings. The van der Waals surface area contributed by atoms with Crippen molar-refractivity contribution in [2.24, 2.45) is 0 Å². The largest absolute Gasteiger partial charge is 0.468 e. The Morgan fingerprint density at radius 3 is 2.67 bits per heavy atom. The Bertz CT molecular complexity index is 795. The Morgan fingerprint density at radius 1 is 1.30 bits per heavy atom. The van der Waals surface area contributed by atoms with Crippen molar-refractivity contribution in [3.05, 3.63) is 60.1 Å². The van der Waals surface area contributed by atoms with Crippen LogP contribution in [0.25, 0.3) is 6.08 Å². The predicted octanol–water partition coefficient (Wildman–Crippen LogP) is 2.84. The fourth-order valence-corrected chi connectivity index (χ4v) is 3.13. The third-order valence-electron chi connectivity index (χ3n) is 4.67. The summed E-state index contributed by atoms with van der Waals surface area (Å²) < 4.78 is 5.44. The van der Waals surface area contributed by atoms with Crippen molar-refractivity contribution in [2.75, 3.05) is 32.1 Å². The predicted molar refractivity (Wildman–Crippen MR) is 105 cm³/mol. The van der Waals surface area contributed by atoms with Gasteiger partial charge in [-0.3, -0.25) is 14.5 Å². The second-order valence-electron chi connectivity index (χ2n) is 6.81. The SMILES string of the molecule is CN(C)C(CNC(=O)/C=C/c1ccc(N2CCCC2=O)cc1)c1ccco1. The zero-order valence-electron chi connectivity index (χ0n) is 15.7. The van der Waals surface area contributed by atoms with Gasteiger partial charge in [-0.1, -0.05) is 12.1 Å². The maximum atomic E-state index is 12.1. The summed E-state index contributed by atoms with van der Waals surface area (Å²) in [6.45, 7) is 1.23. The number of furan rings is 1. The van der Waals surface area contributed by atoms with Crippen LogP contribution in [0.1, 0.15) is 30.2 Å². The van der Waals surface area contributed by atoms with E-state index in [0.29, 0.717) is 13.0 Å². The molecular formula is C21H25N3O3. The number of benzene rings is 1. The molecule has 27 heavy (non-hydrogen) atoms. The van der Waals surface area contributed by atoms with Gasteiger partial charge in [-0.2, -0.15) is 0 Å². The van der Waals surface area contributed by atoms with E-state index >= 15 is 0 Å². The van der Waals surface area contributed by atoms with Gasteiger partial charge in [0.05, 0.1) is 12.3 Å². The number of hydrogen-bond donors (Lipinski definition) is 1. The van der Waals surface area contributed by atoms with Gasteiger partial charge < -0.3 is 14.6 Å². The lowest BCUT2D eigenvalue weighted by Gasteiger charge is -2.22. The summed E-state index contributed by atoms with van der Waals surface area (Å²) in [6, 6.07) is 11.4. The monoisotopic (exact) mass is 367 g/mol. The number of amides is 2. The highest BCUT2D eigenvalue weighted by Gasteiger charge is 2.21. The van der Waals surface area contributed by atoms with E-state index in [9.17, 15) is 9.59 Å². The number of nitrogens with zero attached hydrogens (tertiary/aromatic N) is 2. The van der Waals surface area contributed by atoms with E-state index in [1.807, 2.05) is 55.4 Å². The number of likely N-dealkylation sites (N-methyl/N-ethyl adjacent to an activating group) is 1. The Labute approximate surface area is 159 Å². The maximum absolute atomic E-state index is 12.1. The molecular weight excluding hydrogens is 342 g/mol. The van der Waals surface area contributed by atoms with Gasteiger partial charge in [0.1, 0.15) is 5.76 Å². The number of hydrogen-bond acceptors (Lipinski definition) is 4. The van der Waals surface area contributed by atoms with Crippen LogP contribution in [0, 0.1) is 0 Å². The van der Waals surface area contributed by atoms with Crippen LogP contribution in [0.2, 0.25) is 0 Å². The Hall–Kier alpha value is -2.86. The first-order valence-electron chi connectivity index (χ1n) is 9.11. The summed E-state index contributed by atoms with van der Waals surface area (Å²) >= 11 is 0. The molecule has 142 valence electrons. The molecule has 0 bridgehead atoms. The summed E-state index contributed by atoms with van der Waals surface area (Å²) in [7, 11) is 3.89. The van der Waals surface area contributed by atoms with Crippen molar-refractivity contribution in [1.29, 1.82) is 0 Å².